The summed E-state index contributed by atoms with van der Waals surface area (Å²) in [6.45, 7) is 1.98. The van der Waals surface area contributed by atoms with Gasteiger partial charge >= 0.3 is 5.97 Å². The molecule has 0 aliphatic carbocycles. The standard InChI is InChI=1S/C16H16N2O5S/c1-2-11-6-8-12(9-7-11)15(19)17-18-24(22,23)14-5-3-4-13(10-14)16(20)21/h3-10,18H,2H2,1H3,(H,17,19)(H,20,21). The van der Waals surface area contributed by atoms with Crippen molar-refractivity contribution in [3.63, 3.8) is 0 Å². The molecule has 2 aromatic rings. The first kappa shape index (κ1) is 17.6. The van der Waals surface area contributed by atoms with E-state index in [4.69, 9.17) is 5.11 Å². The van der Waals surface area contributed by atoms with E-state index in [1.54, 1.807) is 24.3 Å². The number of carboxylic acids is 1. The van der Waals surface area contributed by atoms with Gasteiger partial charge in [0.05, 0.1) is 10.5 Å². The largest absolute Gasteiger partial charge is 0.478 e. The number of amides is 1. The number of nitrogens with one attached hydrogen (secondary N) is 2. The molecule has 0 heterocycles. The van der Waals surface area contributed by atoms with Crippen molar-refractivity contribution in [3.05, 3.63) is 65.2 Å². The molecule has 0 spiro atoms. The zero-order chi connectivity index (χ0) is 17.7. The number of carboxylic acid groups (broad SMARTS) is 1. The van der Waals surface area contributed by atoms with Crippen LogP contribution in [0.3, 0.4) is 0 Å². The van der Waals surface area contributed by atoms with E-state index in [-0.39, 0.29) is 10.5 Å². The lowest BCUT2D eigenvalue weighted by Crippen LogP contribution is -2.41. The number of sulfonamides is 1. The summed E-state index contributed by atoms with van der Waals surface area (Å²) in [5.74, 6) is -1.86. The molecule has 2 rings (SSSR count). The first-order chi connectivity index (χ1) is 11.3. The first-order valence-electron chi connectivity index (χ1n) is 7.08. The van der Waals surface area contributed by atoms with Crippen LogP contribution in [0.15, 0.2) is 53.4 Å². The van der Waals surface area contributed by atoms with Crippen molar-refractivity contribution in [2.24, 2.45) is 0 Å². The normalized spacial score (nSPS) is 11.0. The van der Waals surface area contributed by atoms with Crippen molar-refractivity contribution in [3.8, 4) is 0 Å². The number of aromatic carboxylic acids is 1. The van der Waals surface area contributed by atoms with Gasteiger partial charge < -0.3 is 5.11 Å². The number of aryl methyl sites for hydroxylation is 1. The Morgan fingerprint density at radius 1 is 1.04 bits per heavy atom. The van der Waals surface area contributed by atoms with E-state index < -0.39 is 21.9 Å². The van der Waals surface area contributed by atoms with E-state index in [1.165, 1.54) is 18.2 Å². The van der Waals surface area contributed by atoms with E-state index in [0.29, 0.717) is 5.56 Å². The summed E-state index contributed by atoms with van der Waals surface area (Å²) in [4.78, 5) is 24.6. The topological polar surface area (TPSA) is 113 Å². The van der Waals surface area contributed by atoms with Crippen molar-refractivity contribution in [1.82, 2.24) is 10.3 Å². The van der Waals surface area contributed by atoms with Crippen LogP contribution < -0.4 is 10.3 Å². The summed E-state index contributed by atoms with van der Waals surface area (Å²) >= 11 is 0. The number of carbonyl (C=O) groups is 2. The maximum atomic E-state index is 12.1. The molecule has 0 saturated heterocycles. The van der Waals surface area contributed by atoms with Crippen LogP contribution >= 0.6 is 0 Å². The van der Waals surface area contributed by atoms with Gasteiger partial charge in [0.2, 0.25) is 0 Å². The van der Waals surface area contributed by atoms with E-state index in [0.717, 1.165) is 18.1 Å². The number of benzene rings is 2. The van der Waals surface area contributed by atoms with Crippen molar-refractivity contribution >= 4 is 21.9 Å². The summed E-state index contributed by atoms with van der Waals surface area (Å²) in [6, 6.07) is 11.6. The molecule has 24 heavy (non-hydrogen) atoms. The zero-order valence-electron chi connectivity index (χ0n) is 12.8. The van der Waals surface area contributed by atoms with Crippen LogP contribution in [-0.2, 0) is 16.4 Å². The van der Waals surface area contributed by atoms with E-state index in [2.05, 4.69) is 5.43 Å². The molecule has 0 atom stereocenters. The number of carbonyl (C=O) groups excluding carboxylic acids is 1. The second kappa shape index (κ2) is 7.24. The van der Waals surface area contributed by atoms with Crippen molar-refractivity contribution in [2.75, 3.05) is 0 Å². The Hall–Kier alpha value is -2.71. The highest BCUT2D eigenvalue weighted by molar-refractivity contribution is 7.89. The van der Waals surface area contributed by atoms with E-state index in [9.17, 15) is 18.0 Å². The SMILES string of the molecule is CCc1ccc(C(=O)NNS(=O)(=O)c2cccc(C(=O)O)c2)cc1. The summed E-state index contributed by atoms with van der Waals surface area (Å²) in [5, 5.41) is 8.90. The second-order valence-electron chi connectivity index (χ2n) is 4.94. The number of hydrogen-bond acceptors (Lipinski definition) is 4. The lowest BCUT2D eigenvalue weighted by molar-refractivity contribution is 0.0696. The Morgan fingerprint density at radius 3 is 2.29 bits per heavy atom. The third-order valence-corrected chi connectivity index (χ3v) is 4.56. The van der Waals surface area contributed by atoms with Gasteiger partial charge in [-0.05, 0) is 42.3 Å². The Bertz CT molecular complexity index is 860. The number of rotatable bonds is 6. The molecule has 2 aromatic carbocycles. The summed E-state index contributed by atoms with van der Waals surface area (Å²) < 4.78 is 24.2. The van der Waals surface area contributed by atoms with Gasteiger partial charge in [-0.1, -0.05) is 25.1 Å². The third kappa shape index (κ3) is 4.18. The average Bonchev–Trinajstić information content (AvgIpc) is 2.60. The van der Waals surface area contributed by atoms with Crippen LogP contribution in [0.25, 0.3) is 0 Å². The quantitative estimate of drug-likeness (QED) is 0.686. The number of hydrogen-bond donors (Lipinski definition) is 3. The molecule has 7 nitrogen and oxygen atoms in total. The van der Waals surface area contributed by atoms with Crippen molar-refractivity contribution < 1.29 is 23.1 Å². The Kier molecular flexibility index (Phi) is 5.32. The molecule has 0 saturated carbocycles. The number of hydrazine groups is 1. The fourth-order valence-electron chi connectivity index (χ4n) is 1.93. The lowest BCUT2D eigenvalue weighted by atomic mass is 10.1. The van der Waals surface area contributed by atoms with Crippen LogP contribution in [0.4, 0.5) is 0 Å². The lowest BCUT2D eigenvalue weighted by Gasteiger charge is -2.09. The minimum absolute atomic E-state index is 0.167. The molecule has 0 fully saturated rings. The molecular formula is C16H16N2O5S. The predicted octanol–water partition coefficient (Wildman–Crippen LogP) is 1.57. The first-order valence-corrected chi connectivity index (χ1v) is 8.56. The highest BCUT2D eigenvalue weighted by Crippen LogP contribution is 2.11. The highest BCUT2D eigenvalue weighted by Gasteiger charge is 2.17. The summed E-state index contributed by atoms with van der Waals surface area (Å²) in [7, 11) is -4.08. The zero-order valence-corrected chi connectivity index (χ0v) is 13.6. The minimum Gasteiger partial charge on any atom is -0.478 e. The Balaban J connectivity index is 2.10. The van der Waals surface area contributed by atoms with Crippen LogP contribution in [0.1, 0.15) is 33.2 Å². The van der Waals surface area contributed by atoms with E-state index >= 15 is 0 Å². The van der Waals surface area contributed by atoms with Gasteiger partial charge in [-0.15, -0.1) is 4.83 Å². The second-order valence-corrected chi connectivity index (χ2v) is 6.63. The van der Waals surface area contributed by atoms with Gasteiger partial charge in [0.1, 0.15) is 0 Å². The van der Waals surface area contributed by atoms with E-state index in [1.807, 2.05) is 11.8 Å². The molecule has 0 aromatic heterocycles. The van der Waals surface area contributed by atoms with Gasteiger partial charge in [0.25, 0.3) is 15.9 Å². The maximum Gasteiger partial charge on any atom is 0.335 e. The molecule has 0 aliphatic rings. The van der Waals surface area contributed by atoms with Gasteiger partial charge in [0.15, 0.2) is 0 Å². The summed E-state index contributed by atoms with van der Waals surface area (Å²) in [6.07, 6.45) is 0.828. The molecule has 1 amide bonds. The fraction of sp³-hybridized carbons (Fsp3) is 0.125. The van der Waals surface area contributed by atoms with Gasteiger partial charge in [-0.3, -0.25) is 10.2 Å². The molecule has 0 bridgehead atoms. The molecule has 8 heteroatoms. The van der Waals surface area contributed by atoms with Gasteiger partial charge in [-0.2, -0.15) is 0 Å². The van der Waals surface area contributed by atoms with Crippen LogP contribution in [0, 0.1) is 0 Å². The van der Waals surface area contributed by atoms with Crippen molar-refractivity contribution in [2.45, 2.75) is 18.2 Å². The minimum atomic E-state index is -4.08. The maximum absolute atomic E-state index is 12.1. The van der Waals surface area contributed by atoms with Crippen LogP contribution in [-0.4, -0.2) is 25.4 Å². The average molecular weight is 348 g/mol. The molecule has 0 radical (unpaired) electrons. The third-order valence-electron chi connectivity index (χ3n) is 3.31. The molecule has 0 aliphatic heterocycles. The molecular weight excluding hydrogens is 332 g/mol. The highest BCUT2D eigenvalue weighted by atomic mass is 32.2. The van der Waals surface area contributed by atoms with Gasteiger partial charge in [0, 0.05) is 5.56 Å². The molecule has 0 unspecified atom stereocenters. The Morgan fingerprint density at radius 2 is 1.71 bits per heavy atom. The molecule has 126 valence electrons. The van der Waals surface area contributed by atoms with Gasteiger partial charge in [-0.25, -0.2) is 13.2 Å². The smallest absolute Gasteiger partial charge is 0.335 e. The summed E-state index contributed by atoms with van der Waals surface area (Å²) in [5.41, 5.74) is 3.29. The fourth-order valence-corrected chi connectivity index (χ4v) is 2.82. The Labute approximate surface area is 139 Å². The van der Waals surface area contributed by atoms with Crippen molar-refractivity contribution in [1.29, 1.82) is 0 Å². The van der Waals surface area contributed by atoms with Crippen LogP contribution in [0.2, 0.25) is 0 Å². The van der Waals surface area contributed by atoms with Crippen LogP contribution in [0.5, 0.6) is 0 Å². The monoisotopic (exact) mass is 348 g/mol. The predicted molar refractivity (Wildman–Crippen MR) is 87.0 cm³/mol. The molecule has 3 N–H and O–H groups in total.